The topological polar surface area (TPSA) is 22.1 Å². The van der Waals surface area contributed by atoms with Gasteiger partial charge in [-0.05, 0) is 36.2 Å². The van der Waals surface area contributed by atoms with Crippen LogP contribution >= 0.6 is 43.5 Å². The number of aromatic nitrogens is 1. The minimum atomic E-state index is 0.125. The molecule has 0 bridgehead atoms. The van der Waals surface area contributed by atoms with Crippen molar-refractivity contribution in [3.05, 3.63) is 57.3 Å². The van der Waals surface area contributed by atoms with Crippen molar-refractivity contribution in [2.75, 3.05) is 7.11 Å². The quantitative estimate of drug-likeness (QED) is 0.654. The van der Waals surface area contributed by atoms with Crippen molar-refractivity contribution < 1.29 is 4.74 Å². The van der Waals surface area contributed by atoms with Gasteiger partial charge in [-0.1, -0.05) is 43.5 Å². The molecule has 0 saturated carbocycles. The van der Waals surface area contributed by atoms with Gasteiger partial charge in [0.05, 0.1) is 12.1 Å². The number of benzene rings is 1. The molecule has 19 heavy (non-hydrogen) atoms. The van der Waals surface area contributed by atoms with Gasteiger partial charge in [-0.3, -0.25) is 4.98 Å². The zero-order chi connectivity index (χ0) is 13.8. The van der Waals surface area contributed by atoms with Gasteiger partial charge >= 0.3 is 0 Å². The normalized spacial score (nSPS) is 12.2. The molecule has 1 aromatic heterocycles. The van der Waals surface area contributed by atoms with Crippen LogP contribution in [0, 0.1) is 0 Å². The number of alkyl halides is 1. The van der Waals surface area contributed by atoms with Gasteiger partial charge in [0.1, 0.15) is 5.75 Å². The predicted molar refractivity (Wildman–Crippen MR) is 85.3 cm³/mol. The summed E-state index contributed by atoms with van der Waals surface area (Å²) in [7, 11) is 1.67. The van der Waals surface area contributed by atoms with Gasteiger partial charge in [0.2, 0.25) is 0 Å². The first kappa shape index (κ1) is 14.8. The average Bonchev–Trinajstić information content (AvgIpc) is 2.41. The highest BCUT2D eigenvalue weighted by atomic mass is 79.9. The molecule has 0 aliphatic rings. The number of rotatable bonds is 4. The summed E-state index contributed by atoms with van der Waals surface area (Å²) in [4.78, 5) is 4.12. The Balaban J connectivity index is 2.27. The number of hydrogen-bond donors (Lipinski definition) is 0. The van der Waals surface area contributed by atoms with Crippen molar-refractivity contribution in [2.24, 2.45) is 0 Å². The molecule has 2 aromatic rings. The lowest BCUT2D eigenvalue weighted by molar-refractivity contribution is 0.409. The first-order valence-corrected chi connectivity index (χ1v) is 7.76. The molecule has 5 heteroatoms. The summed E-state index contributed by atoms with van der Waals surface area (Å²) >= 11 is 13.3. The predicted octanol–water partition coefficient (Wildman–Crippen LogP) is 5.18. The standard InChI is InChI=1S/C14H12Br2ClNO/c1-19-14-3-2-10(15)7-11(14)12(16)6-9-4-5-18-8-13(9)17/h2-5,7-8,12H,6H2,1H3. The van der Waals surface area contributed by atoms with Crippen LogP contribution in [-0.4, -0.2) is 12.1 Å². The van der Waals surface area contributed by atoms with E-state index in [2.05, 4.69) is 36.8 Å². The van der Waals surface area contributed by atoms with E-state index < -0.39 is 0 Å². The SMILES string of the molecule is COc1ccc(Br)cc1C(Br)Cc1ccncc1Cl. The molecule has 0 fully saturated rings. The first-order chi connectivity index (χ1) is 9.11. The number of ether oxygens (including phenoxy) is 1. The van der Waals surface area contributed by atoms with E-state index in [1.807, 2.05) is 24.3 Å². The molecule has 2 rings (SSSR count). The van der Waals surface area contributed by atoms with Gasteiger partial charge in [0.15, 0.2) is 0 Å². The zero-order valence-corrected chi connectivity index (χ0v) is 14.2. The minimum Gasteiger partial charge on any atom is -0.496 e. The van der Waals surface area contributed by atoms with E-state index >= 15 is 0 Å². The first-order valence-electron chi connectivity index (χ1n) is 5.67. The Kier molecular flexibility index (Phi) is 5.25. The second-order valence-electron chi connectivity index (χ2n) is 4.03. The monoisotopic (exact) mass is 403 g/mol. The Morgan fingerprint density at radius 3 is 2.84 bits per heavy atom. The van der Waals surface area contributed by atoms with Crippen LogP contribution < -0.4 is 4.74 Å². The summed E-state index contributed by atoms with van der Waals surface area (Å²) in [6, 6.07) is 7.89. The van der Waals surface area contributed by atoms with Crippen molar-refractivity contribution in [1.29, 1.82) is 0 Å². The molecule has 1 atom stereocenters. The fraction of sp³-hybridized carbons (Fsp3) is 0.214. The highest BCUT2D eigenvalue weighted by Crippen LogP contribution is 2.36. The van der Waals surface area contributed by atoms with Crippen molar-refractivity contribution in [3.8, 4) is 5.75 Å². The third-order valence-corrected chi connectivity index (χ3v) is 4.44. The number of halogens is 3. The number of hydrogen-bond acceptors (Lipinski definition) is 2. The Morgan fingerprint density at radius 2 is 2.16 bits per heavy atom. The van der Waals surface area contributed by atoms with Crippen LogP contribution in [0.4, 0.5) is 0 Å². The lowest BCUT2D eigenvalue weighted by atomic mass is 10.0. The van der Waals surface area contributed by atoms with Crippen molar-refractivity contribution in [1.82, 2.24) is 4.98 Å². The number of pyridine rings is 1. The van der Waals surface area contributed by atoms with E-state index in [4.69, 9.17) is 16.3 Å². The molecular formula is C14H12Br2ClNO. The lowest BCUT2D eigenvalue weighted by Crippen LogP contribution is -1.99. The van der Waals surface area contributed by atoms with Crippen LogP contribution in [0.2, 0.25) is 5.02 Å². The third-order valence-electron chi connectivity index (χ3n) is 2.78. The van der Waals surface area contributed by atoms with Gasteiger partial charge < -0.3 is 4.74 Å². The molecule has 2 nitrogen and oxygen atoms in total. The molecule has 0 N–H and O–H groups in total. The molecule has 1 unspecified atom stereocenters. The Morgan fingerprint density at radius 1 is 1.37 bits per heavy atom. The van der Waals surface area contributed by atoms with Crippen molar-refractivity contribution in [3.63, 3.8) is 0 Å². The largest absolute Gasteiger partial charge is 0.496 e. The fourth-order valence-electron chi connectivity index (χ4n) is 1.82. The summed E-state index contributed by atoms with van der Waals surface area (Å²) < 4.78 is 6.42. The van der Waals surface area contributed by atoms with Crippen LogP contribution in [0.5, 0.6) is 5.75 Å². The van der Waals surface area contributed by atoms with Crippen LogP contribution in [0.15, 0.2) is 41.1 Å². The highest BCUT2D eigenvalue weighted by molar-refractivity contribution is 9.10. The van der Waals surface area contributed by atoms with Crippen LogP contribution in [-0.2, 0) is 6.42 Å². The van der Waals surface area contributed by atoms with E-state index in [1.165, 1.54) is 0 Å². The molecule has 100 valence electrons. The lowest BCUT2D eigenvalue weighted by Gasteiger charge is -2.15. The maximum atomic E-state index is 6.14. The Bertz CT molecular complexity index is 577. The summed E-state index contributed by atoms with van der Waals surface area (Å²) in [5.74, 6) is 0.857. The van der Waals surface area contributed by atoms with Gasteiger partial charge in [0, 0.05) is 27.3 Å². The van der Waals surface area contributed by atoms with Crippen molar-refractivity contribution >= 4 is 43.5 Å². The van der Waals surface area contributed by atoms with Gasteiger partial charge in [-0.15, -0.1) is 0 Å². The Labute approximate surface area is 134 Å². The molecule has 0 aliphatic carbocycles. The molecule has 0 radical (unpaired) electrons. The number of methoxy groups -OCH3 is 1. The van der Waals surface area contributed by atoms with Crippen molar-refractivity contribution in [2.45, 2.75) is 11.2 Å². The fourth-order valence-corrected chi connectivity index (χ4v) is 3.10. The van der Waals surface area contributed by atoms with E-state index in [1.54, 1.807) is 19.5 Å². The highest BCUT2D eigenvalue weighted by Gasteiger charge is 2.15. The maximum Gasteiger partial charge on any atom is 0.123 e. The van der Waals surface area contributed by atoms with Gasteiger partial charge in [-0.2, -0.15) is 0 Å². The summed E-state index contributed by atoms with van der Waals surface area (Å²) in [6.45, 7) is 0. The van der Waals surface area contributed by atoms with Gasteiger partial charge in [-0.25, -0.2) is 0 Å². The van der Waals surface area contributed by atoms with E-state index in [9.17, 15) is 0 Å². The van der Waals surface area contributed by atoms with Crippen LogP contribution in [0.3, 0.4) is 0 Å². The summed E-state index contributed by atoms with van der Waals surface area (Å²) in [6.07, 6.45) is 4.18. The summed E-state index contributed by atoms with van der Waals surface area (Å²) in [5, 5.41) is 0.681. The molecule has 0 aliphatic heterocycles. The Hall–Kier alpha value is -0.580. The maximum absolute atomic E-state index is 6.14. The minimum absolute atomic E-state index is 0.125. The number of nitrogens with zero attached hydrogens (tertiary/aromatic N) is 1. The molecule has 0 amide bonds. The average molecular weight is 406 g/mol. The van der Waals surface area contributed by atoms with E-state index in [0.29, 0.717) is 5.02 Å². The van der Waals surface area contributed by atoms with Crippen LogP contribution in [0.25, 0.3) is 0 Å². The molecular weight excluding hydrogens is 393 g/mol. The van der Waals surface area contributed by atoms with Crippen LogP contribution in [0.1, 0.15) is 16.0 Å². The second-order valence-corrected chi connectivity index (χ2v) is 6.45. The molecule has 1 aromatic carbocycles. The molecule has 1 heterocycles. The molecule has 0 saturated heterocycles. The summed E-state index contributed by atoms with van der Waals surface area (Å²) in [5.41, 5.74) is 2.14. The van der Waals surface area contributed by atoms with Gasteiger partial charge in [0.25, 0.3) is 0 Å². The third kappa shape index (κ3) is 3.71. The smallest absolute Gasteiger partial charge is 0.123 e. The van der Waals surface area contributed by atoms with E-state index in [0.717, 1.165) is 27.8 Å². The van der Waals surface area contributed by atoms with E-state index in [-0.39, 0.29) is 4.83 Å². The second kappa shape index (κ2) is 6.73. The zero-order valence-electron chi connectivity index (χ0n) is 10.2. The molecule has 0 spiro atoms.